The number of sulfonamides is 1. The van der Waals surface area contributed by atoms with Gasteiger partial charge in [-0.15, -0.1) is 0 Å². The van der Waals surface area contributed by atoms with Crippen LogP contribution in [0.2, 0.25) is 10.4 Å². The van der Waals surface area contributed by atoms with Crippen LogP contribution in [0.3, 0.4) is 0 Å². The molecule has 0 fully saturated rings. The van der Waals surface area contributed by atoms with Crippen molar-refractivity contribution in [3.05, 3.63) is 16.3 Å². The fourth-order valence-electron chi connectivity index (χ4n) is 0.681. The fourth-order valence-corrected chi connectivity index (χ4v) is 1.64. The summed E-state index contributed by atoms with van der Waals surface area (Å²) in [7, 11) is -3.63. The summed E-state index contributed by atoms with van der Waals surface area (Å²) in [5.74, 6) is -1.83. The second kappa shape index (κ2) is 4.46. The van der Waals surface area contributed by atoms with Crippen LogP contribution in [-0.2, 0) is 10.0 Å². The summed E-state index contributed by atoms with van der Waals surface area (Å²) >= 11 is 10.7. The number of rotatable bonds is 3. The first-order valence-corrected chi connectivity index (χ1v) is 6.15. The molecule has 0 aromatic carbocycles. The molecule has 1 aromatic heterocycles. The maximum absolute atomic E-state index is 13.2. The molecule has 0 atom stereocenters. The molecular weight excluding hydrogens is 268 g/mol. The van der Waals surface area contributed by atoms with Crippen molar-refractivity contribution in [1.82, 2.24) is 9.97 Å². The van der Waals surface area contributed by atoms with Gasteiger partial charge in [-0.1, -0.05) is 11.6 Å². The Morgan fingerprint density at radius 3 is 2.53 bits per heavy atom. The minimum atomic E-state index is -3.63. The summed E-state index contributed by atoms with van der Waals surface area (Å²) in [5, 5.41) is -0.876. The minimum absolute atomic E-state index is 0.217. The predicted octanol–water partition coefficient (Wildman–Crippen LogP) is 1.68. The number of nitrogens with one attached hydrogen (secondary N) is 1. The van der Waals surface area contributed by atoms with Gasteiger partial charge in [-0.3, -0.25) is 4.72 Å². The summed E-state index contributed by atoms with van der Waals surface area (Å²) in [6, 6.07) is 0. The van der Waals surface area contributed by atoms with Crippen molar-refractivity contribution in [2.45, 2.75) is 6.92 Å². The Hall–Kier alpha value is -0.660. The van der Waals surface area contributed by atoms with Gasteiger partial charge in [0.25, 0.3) is 0 Å². The van der Waals surface area contributed by atoms with Crippen molar-refractivity contribution in [1.29, 1.82) is 0 Å². The van der Waals surface area contributed by atoms with Crippen LogP contribution in [0.25, 0.3) is 0 Å². The quantitative estimate of drug-likeness (QED) is 0.672. The Morgan fingerprint density at radius 2 is 2.00 bits per heavy atom. The van der Waals surface area contributed by atoms with E-state index in [0.717, 1.165) is 0 Å². The molecule has 0 aliphatic rings. The lowest BCUT2D eigenvalue weighted by Crippen LogP contribution is -2.17. The van der Waals surface area contributed by atoms with Crippen molar-refractivity contribution in [3.8, 4) is 0 Å². The first-order chi connectivity index (χ1) is 6.85. The molecule has 1 N–H and O–H groups in total. The predicted molar refractivity (Wildman–Crippen MR) is 55.1 cm³/mol. The largest absolute Gasteiger partial charge is 0.265 e. The maximum atomic E-state index is 13.2. The Kier molecular flexibility index (Phi) is 3.69. The average Bonchev–Trinajstić information content (AvgIpc) is 2.13. The van der Waals surface area contributed by atoms with Crippen LogP contribution in [0.4, 0.5) is 10.2 Å². The Balaban J connectivity index is 3.16. The first-order valence-electron chi connectivity index (χ1n) is 3.74. The Morgan fingerprint density at radius 1 is 1.40 bits per heavy atom. The van der Waals surface area contributed by atoms with Gasteiger partial charge in [0.15, 0.2) is 11.0 Å². The van der Waals surface area contributed by atoms with E-state index in [4.69, 9.17) is 23.2 Å². The first kappa shape index (κ1) is 12.4. The van der Waals surface area contributed by atoms with Crippen LogP contribution in [0.1, 0.15) is 6.92 Å². The van der Waals surface area contributed by atoms with E-state index in [2.05, 4.69) is 9.97 Å². The van der Waals surface area contributed by atoms with E-state index >= 15 is 0 Å². The third kappa shape index (κ3) is 3.15. The van der Waals surface area contributed by atoms with Gasteiger partial charge in [0.1, 0.15) is 0 Å². The van der Waals surface area contributed by atoms with Crippen molar-refractivity contribution in [2.24, 2.45) is 0 Å². The van der Waals surface area contributed by atoms with Gasteiger partial charge in [0, 0.05) is 0 Å². The zero-order valence-electron chi connectivity index (χ0n) is 7.46. The van der Waals surface area contributed by atoms with E-state index in [0.29, 0.717) is 0 Å². The highest BCUT2D eigenvalue weighted by Crippen LogP contribution is 2.21. The lowest BCUT2D eigenvalue weighted by molar-refractivity contribution is 0.597. The van der Waals surface area contributed by atoms with Crippen LogP contribution >= 0.6 is 23.2 Å². The second-order valence-electron chi connectivity index (χ2n) is 2.45. The molecule has 1 aromatic rings. The van der Waals surface area contributed by atoms with Gasteiger partial charge in [0.2, 0.25) is 21.1 Å². The van der Waals surface area contributed by atoms with Crippen LogP contribution in [0.5, 0.6) is 0 Å². The smallest absolute Gasteiger partial charge is 0.233 e. The number of halogens is 3. The van der Waals surface area contributed by atoms with Crippen molar-refractivity contribution in [3.63, 3.8) is 0 Å². The highest BCUT2D eigenvalue weighted by Gasteiger charge is 2.16. The van der Waals surface area contributed by atoms with E-state index in [1.165, 1.54) is 6.92 Å². The van der Waals surface area contributed by atoms with Gasteiger partial charge in [-0.05, 0) is 18.5 Å². The zero-order chi connectivity index (χ0) is 11.6. The number of aromatic nitrogens is 2. The molecule has 0 spiro atoms. The molecule has 0 saturated heterocycles. The number of hydrogen-bond donors (Lipinski definition) is 1. The van der Waals surface area contributed by atoms with Crippen LogP contribution in [0.15, 0.2) is 0 Å². The lowest BCUT2D eigenvalue weighted by atomic mass is 10.6. The van der Waals surface area contributed by atoms with E-state index in [1.54, 1.807) is 0 Å². The SMILES string of the molecule is CCS(=O)(=O)Nc1nc(Cl)nc(Cl)c1F. The standard InChI is InChI=1S/C6H6Cl2FN3O2S/c1-2-15(13,14)12-5-3(9)4(7)10-6(8)11-5/h2H2,1H3,(H,10,11,12). The molecule has 0 aliphatic heterocycles. The molecule has 15 heavy (non-hydrogen) atoms. The topological polar surface area (TPSA) is 72.0 Å². The summed E-state index contributed by atoms with van der Waals surface area (Å²) in [6.07, 6.45) is 0. The number of anilines is 1. The van der Waals surface area contributed by atoms with Gasteiger partial charge in [-0.25, -0.2) is 13.4 Å². The van der Waals surface area contributed by atoms with Crippen molar-refractivity contribution < 1.29 is 12.8 Å². The molecule has 5 nitrogen and oxygen atoms in total. The molecule has 84 valence electrons. The molecule has 1 heterocycles. The highest BCUT2D eigenvalue weighted by atomic mass is 35.5. The van der Waals surface area contributed by atoms with Gasteiger partial charge >= 0.3 is 0 Å². The van der Waals surface area contributed by atoms with Crippen LogP contribution < -0.4 is 4.72 Å². The van der Waals surface area contributed by atoms with E-state index < -0.39 is 26.8 Å². The highest BCUT2D eigenvalue weighted by molar-refractivity contribution is 7.92. The molecular formula is C6H6Cl2FN3O2S. The maximum Gasteiger partial charge on any atom is 0.233 e. The molecule has 0 bridgehead atoms. The average molecular weight is 274 g/mol. The normalized spacial score (nSPS) is 11.5. The fraction of sp³-hybridized carbons (Fsp3) is 0.333. The molecule has 0 unspecified atom stereocenters. The Bertz CT molecular complexity index is 480. The van der Waals surface area contributed by atoms with Gasteiger partial charge < -0.3 is 0 Å². The molecule has 9 heteroatoms. The molecule has 0 radical (unpaired) electrons. The van der Waals surface area contributed by atoms with E-state index in [1.807, 2.05) is 4.72 Å². The minimum Gasteiger partial charge on any atom is -0.265 e. The number of nitrogens with zero attached hydrogens (tertiary/aromatic N) is 2. The summed E-state index contributed by atoms with van der Waals surface area (Å²) < 4.78 is 37.3. The van der Waals surface area contributed by atoms with Crippen LogP contribution in [0, 0.1) is 5.82 Å². The molecule has 1 rings (SSSR count). The summed E-state index contributed by atoms with van der Waals surface area (Å²) in [6.45, 7) is 1.39. The summed E-state index contributed by atoms with van der Waals surface area (Å²) in [4.78, 5) is 6.67. The summed E-state index contributed by atoms with van der Waals surface area (Å²) in [5.41, 5.74) is 0. The monoisotopic (exact) mass is 273 g/mol. The van der Waals surface area contributed by atoms with Gasteiger partial charge in [0.05, 0.1) is 5.75 Å². The molecule has 0 amide bonds. The second-order valence-corrected chi connectivity index (χ2v) is 5.16. The molecule has 0 saturated carbocycles. The van der Waals surface area contributed by atoms with E-state index in [-0.39, 0.29) is 11.0 Å². The van der Waals surface area contributed by atoms with Gasteiger partial charge in [-0.2, -0.15) is 9.37 Å². The number of hydrogen-bond acceptors (Lipinski definition) is 4. The third-order valence-electron chi connectivity index (χ3n) is 1.42. The van der Waals surface area contributed by atoms with Crippen molar-refractivity contribution in [2.75, 3.05) is 10.5 Å². The van der Waals surface area contributed by atoms with Crippen molar-refractivity contribution >= 4 is 39.0 Å². The Labute approximate surface area is 95.7 Å². The third-order valence-corrected chi connectivity index (χ3v) is 3.10. The lowest BCUT2D eigenvalue weighted by Gasteiger charge is -2.06. The van der Waals surface area contributed by atoms with Crippen LogP contribution in [-0.4, -0.2) is 24.1 Å². The zero-order valence-corrected chi connectivity index (χ0v) is 9.79. The van der Waals surface area contributed by atoms with E-state index in [9.17, 15) is 12.8 Å². The molecule has 0 aliphatic carbocycles.